The molecule has 15 heavy (non-hydrogen) atoms. The van der Waals surface area contributed by atoms with E-state index in [0.717, 1.165) is 0 Å². The van der Waals surface area contributed by atoms with Gasteiger partial charge in [0, 0.05) is 11.6 Å². The van der Waals surface area contributed by atoms with Gasteiger partial charge in [0.15, 0.2) is 0 Å². The lowest BCUT2D eigenvalue weighted by Gasteiger charge is -2.27. The van der Waals surface area contributed by atoms with Crippen LogP contribution in [0.25, 0.3) is 0 Å². The molecule has 0 aromatic heterocycles. The highest BCUT2D eigenvalue weighted by molar-refractivity contribution is 5.85. The van der Waals surface area contributed by atoms with Gasteiger partial charge in [-0.05, 0) is 17.5 Å². The molecule has 0 bridgehead atoms. The van der Waals surface area contributed by atoms with E-state index in [1.165, 1.54) is 18.2 Å². The molecule has 0 aliphatic rings. The first-order chi connectivity index (χ1) is 6.34. The Morgan fingerprint density at radius 3 is 1.87 bits per heavy atom. The van der Waals surface area contributed by atoms with Crippen molar-refractivity contribution in [2.24, 2.45) is 11.1 Å². The van der Waals surface area contributed by atoms with Gasteiger partial charge in [-0.3, -0.25) is 0 Å². The quantitative estimate of drug-likeness (QED) is 0.793. The van der Waals surface area contributed by atoms with E-state index in [0.29, 0.717) is 0 Å². The number of benzene rings is 1. The molecule has 0 fully saturated rings. The van der Waals surface area contributed by atoms with Crippen molar-refractivity contribution in [1.82, 2.24) is 0 Å². The molecule has 86 valence electrons. The molecule has 0 unspecified atom stereocenters. The van der Waals surface area contributed by atoms with E-state index >= 15 is 0 Å². The minimum Gasteiger partial charge on any atom is -0.323 e. The zero-order valence-corrected chi connectivity index (χ0v) is 9.87. The van der Waals surface area contributed by atoms with Gasteiger partial charge in [0.25, 0.3) is 0 Å². The molecule has 1 aromatic rings. The van der Waals surface area contributed by atoms with E-state index in [4.69, 9.17) is 5.73 Å². The molecule has 0 radical (unpaired) electrons. The van der Waals surface area contributed by atoms with Crippen LogP contribution < -0.4 is 5.73 Å². The molecule has 2 N–H and O–H groups in total. The third-order valence-electron chi connectivity index (χ3n) is 2.24. The van der Waals surface area contributed by atoms with E-state index in [-0.39, 0.29) is 23.4 Å². The van der Waals surface area contributed by atoms with Gasteiger partial charge in [-0.1, -0.05) is 26.8 Å². The van der Waals surface area contributed by atoms with E-state index in [9.17, 15) is 8.78 Å². The SMILES string of the molecule is CC(C)(C)[C@H](N)c1c(F)cccc1F.Cl. The van der Waals surface area contributed by atoms with Crippen molar-refractivity contribution in [2.45, 2.75) is 26.8 Å². The summed E-state index contributed by atoms with van der Waals surface area (Å²) in [5, 5.41) is 0. The number of rotatable bonds is 1. The predicted octanol–water partition coefficient (Wildman–Crippen LogP) is 3.43. The molecule has 0 heterocycles. The third kappa shape index (κ3) is 3.14. The molecule has 4 heteroatoms. The average molecular weight is 236 g/mol. The summed E-state index contributed by atoms with van der Waals surface area (Å²) >= 11 is 0. The molecule has 1 aromatic carbocycles. The van der Waals surface area contributed by atoms with Gasteiger partial charge in [0.1, 0.15) is 11.6 Å². The van der Waals surface area contributed by atoms with Crippen LogP contribution in [-0.2, 0) is 0 Å². The van der Waals surface area contributed by atoms with Crippen LogP contribution in [0.4, 0.5) is 8.78 Å². The Morgan fingerprint density at radius 1 is 1.13 bits per heavy atom. The Hall–Kier alpha value is -0.670. The van der Waals surface area contributed by atoms with Gasteiger partial charge in [0.2, 0.25) is 0 Å². The van der Waals surface area contributed by atoms with Crippen LogP contribution in [0.5, 0.6) is 0 Å². The molecular formula is C11H16ClF2N. The summed E-state index contributed by atoms with van der Waals surface area (Å²) in [6, 6.07) is 3.15. The monoisotopic (exact) mass is 235 g/mol. The minimum atomic E-state index is -0.635. The van der Waals surface area contributed by atoms with Crippen LogP contribution in [0.3, 0.4) is 0 Å². The molecule has 1 rings (SSSR count). The summed E-state index contributed by atoms with van der Waals surface area (Å²) < 4.78 is 26.6. The predicted molar refractivity (Wildman–Crippen MR) is 60.0 cm³/mol. The standard InChI is InChI=1S/C11H15F2N.ClH/c1-11(2,3)10(14)9-7(12)5-4-6-8(9)13;/h4-6,10H,14H2,1-3H3;1H/t10-;/m1./s1. The maximum atomic E-state index is 13.3. The van der Waals surface area contributed by atoms with Crippen molar-refractivity contribution in [3.05, 3.63) is 35.4 Å². The summed E-state index contributed by atoms with van der Waals surface area (Å²) in [6.45, 7) is 5.55. The normalized spacial score (nSPS) is 13.2. The maximum absolute atomic E-state index is 13.3. The number of nitrogens with two attached hydrogens (primary N) is 1. The number of halogens is 3. The van der Waals surface area contributed by atoms with Gasteiger partial charge in [0.05, 0.1) is 0 Å². The Kier molecular flexibility index (Phi) is 4.68. The van der Waals surface area contributed by atoms with E-state index < -0.39 is 17.7 Å². The Balaban J connectivity index is 0.00000196. The first-order valence-corrected chi connectivity index (χ1v) is 4.53. The van der Waals surface area contributed by atoms with Crippen LogP contribution in [0.1, 0.15) is 32.4 Å². The number of hydrogen-bond acceptors (Lipinski definition) is 1. The maximum Gasteiger partial charge on any atom is 0.130 e. The van der Waals surface area contributed by atoms with Crippen LogP contribution in [0.15, 0.2) is 18.2 Å². The molecular weight excluding hydrogens is 220 g/mol. The molecule has 0 aliphatic heterocycles. The summed E-state index contributed by atoms with van der Waals surface area (Å²) in [6.07, 6.45) is 0. The van der Waals surface area contributed by atoms with Crippen molar-refractivity contribution >= 4 is 12.4 Å². The molecule has 0 saturated heterocycles. The van der Waals surface area contributed by atoms with Crippen molar-refractivity contribution in [1.29, 1.82) is 0 Å². The zero-order chi connectivity index (χ0) is 10.9. The Bertz CT molecular complexity index is 314. The second kappa shape index (κ2) is 4.90. The van der Waals surface area contributed by atoms with Gasteiger partial charge >= 0.3 is 0 Å². The fourth-order valence-electron chi connectivity index (χ4n) is 1.24. The number of hydrogen-bond donors (Lipinski definition) is 1. The highest BCUT2D eigenvalue weighted by atomic mass is 35.5. The lowest BCUT2D eigenvalue weighted by atomic mass is 9.82. The van der Waals surface area contributed by atoms with Crippen LogP contribution in [-0.4, -0.2) is 0 Å². The highest BCUT2D eigenvalue weighted by Crippen LogP contribution is 2.33. The molecule has 0 spiro atoms. The molecule has 0 amide bonds. The van der Waals surface area contributed by atoms with Crippen LogP contribution in [0.2, 0.25) is 0 Å². The highest BCUT2D eigenvalue weighted by Gasteiger charge is 2.27. The van der Waals surface area contributed by atoms with Gasteiger partial charge in [-0.25, -0.2) is 8.78 Å². The fourth-order valence-corrected chi connectivity index (χ4v) is 1.24. The summed E-state index contributed by atoms with van der Waals surface area (Å²) in [5.41, 5.74) is 5.41. The lowest BCUT2D eigenvalue weighted by molar-refractivity contribution is 0.310. The average Bonchev–Trinajstić information content (AvgIpc) is 2.01. The lowest BCUT2D eigenvalue weighted by Crippen LogP contribution is -2.28. The summed E-state index contributed by atoms with van der Waals surface area (Å²) in [5.74, 6) is -1.15. The van der Waals surface area contributed by atoms with Gasteiger partial charge in [-0.2, -0.15) is 0 Å². The van der Waals surface area contributed by atoms with E-state index in [1.807, 2.05) is 20.8 Å². The topological polar surface area (TPSA) is 26.0 Å². The largest absolute Gasteiger partial charge is 0.323 e. The Labute approximate surface area is 95.1 Å². The first kappa shape index (κ1) is 14.3. The molecule has 0 saturated carbocycles. The second-order valence-corrected chi connectivity index (χ2v) is 4.48. The molecule has 0 aliphatic carbocycles. The van der Waals surface area contributed by atoms with Gasteiger partial charge in [-0.15, -0.1) is 12.4 Å². The molecule has 1 atom stereocenters. The summed E-state index contributed by atoms with van der Waals surface area (Å²) in [4.78, 5) is 0. The van der Waals surface area contributed by atoms with E-state index in [1.54, 1.807) is 0 Å². The zero-order valence-electron chi connectivity index (χ0n) is 9.05. The fraction of sp³-hybridized carbons (Fsp3) is 0.455. The smallest absolute Gasteiger partial charge is 0.130 e. The van der Waals surface area contributed by atoms with E-state index in [2.05, 4.69) is 0 Å². The van der Waals surface area contributed by atoms with Crippen LogP contribution in [0, 0.1) is 17.0 Å². The minimum absolute atomic E-state index is 0. The van der Waals surface area contributed by atoms with Crippen LogP contribution >= 0.6 is 12.4 Å². The van der Waals surface area contributed by atoms with Crippen molar-refractivity contribution < 1.29 is 8.78 Å². The summed E-state index contributed by atoms with van der Waals surface area (Å²) in [7, 11) is 0. The van der Waals surface area contributed by atoms with Crippen molar-refractivity contribution in [3.63, 3.8) is 0 Å². The second-order valence-electron chi connectivity index (χ2n) is 4.48. The van der Waals surface area contributed by atoms with Crippen molar-refractivity contribution in [3.8, 4) is 0 Å². The first-order valence-electron chi connectivity index (χ1n) is 4.53. The van der Waals surface area contributed by atoms with Gasteiger partial charge < -0.3 is 5.73 Å². The molecule has 1 nitrogen and oxygen atoms in total. The van der Waals surface area contributed by atoms with Crippen molar-refractivity contribution in [2.75, 3.05) is 0 Å². The Morgan fingerprint density at radius 2 is 1.53 bits per heavy atom. The third-order valence-corrected chi connectivity index (χ3v) is 2.24.